The Morgan fingerprint density at radius 1 is 1.24 bits per heavy atom. The summed E-state index contributed by atoms with van der Waals surface area (Å²) < 4.78 is 17.6. The van der Waals surface area contributed by atoms with Gasteiger partial charge < -0.3 is 15.0 Å². The predicted octanol–water partition coefficient (Wildman–Crippen LogP) is 0.982. The van der Waals surface area contributed by atoms with E-state index in [1.165, 1.54) is 36.2 Å². The van der Waals surface area contributed by atoms with Crippen LogP contribution >= 0.6 is 0 Å². The van der Waals surface area contributed by atoms with Crippen molar-refractivity contribution in [3.63, 3.8) is 0 Å². The van der Waals surface area contributed by atoms with E-state index in [0.717, 1.165) is 4.90 Å². The van der Waals surface area contributed by atoms with Gasteiger partial charge in [-0.2, -0.15) is 0 Å². The number of hydrogen-bond donors (Lipinski definition) is 1. The third-order valence-corrected chi connectivity index (χ3v) is 3.49. The van der Waals surface area contributed by atoms with Crippen molar-refractivity contribution in [2.45, 2.75) is 12.8 Å². The van der Waals surface area contributed by atoms with E-state index in [1.807, 2.05) is 0 Å². The van der Waals surface area contributed by atoms with Crippen LogP contribution in [0.1, 0.15) is 12.8 Å². The molecule has 1 aliphatic rings. The van der Waals surface area contributed by atoms with Crippen LogP contribution in [0.5, 0.6) is 0 Å². The smallest absolute Gasteiger partial charge is 0.326 e. The number of carbonyl (C=O) groups excluding carboxylic acids is 4. The van der Waals surface area contributed by atoms with Gasteiger partial charge in [0.25, 0.3) is 5.91 Å². The molecule has 25 heavy (non-hydrogen) atoms. The number of anilines is 1. The molecule has 1 fully saturated rings. The lowest BCUT2D eigenvalue weighted by Gasteiger charge is -2.13. The third kappa shape index (κ3) is 5.27. The zero-order valence-corrected chi connectivity index (χ0v) is 13.7. The average molecular weight is 351 g/mol. The first kappa shape index (κ1) is 18.4. The number of rotatable bonds is 7. The summed E-state index contributed by atoms with van der Waals surface area (Å²) >= 11 is 0. The van der Waals surface area contributed by atoms with Gasteiger partial charge in [0.2, 0.25) is 5.91 Å². The molecule has 0 spiro atoms. The molecule has 1 aromatic carbocycles. The van der Waals surface area contributed by atoms with Crippen LogP contribution < -0.4 is 5.32 Å². The highest BCUT2D eigenvalue weighted by atomic mass is 19.1. The monoisotopic (exact) mass is 351 g/mol. The highest BCUT2D eigenvalue weighted by Crippen LogP contribution is 2.10. The van der Waals surface area contributed by atoms with Gasteiger partial charge >= 0.3 is 12.0 Å². The summed E-state index contributed by atoms with van der Waals surface area (Å²) in [6.45, 7) is -0.313. The summed E-state index contributed by atoms with van der Waals surface area (Å²) in [4.78, 5) is 48.8. The van der Waals surface area contributed by atoms with Gasteiger partial charge in [0.15, 0.2) is 6.61 Å². The molecule has 1 saturated heterocycles. The van der Waals surface area contributed by atoms with E-state index in [4.69, 9.17) is 4.74 Å². The van der Waals surface area contributed by atoms with E-state index in [0.29, 0.717) is 5.69 Å². The number of halogens is 1. The second kappa shape index (κ2) is 8.22. The zero-order valence-electron chi connectivity index (χ0n) is 13.7. The molecule has 8 nitrogen and oxygen atoms in total. The molecule has 0 bridgehead atoms. The Balaban J connectivity index is 1.65. The van der Waals surface area contributed by atoms with E-state index in [1.54, 1.807) is 0 Å². The normalized spacial score (nSPS) is 14.0. The minimum absolute atomic E-state index is 0.0232. The summed E-state index contributed by atoms with van der Waals surface area (Å²) in [7, 11) is 1.52. The lowest BCUT2D eigenvalue weighted by Crippen LogP contribution is -2.32. The Labute approximate surface area is 143 Å². The second-order valence-electron chi connectivity index (χ2n) is 5.50. The van der Waals surface area contributed by atoms with Crippen molar-refractivity contribution in [2.24, 2.45) is 0 Å². The quantitative estimate of drug-likeness (QED) is 0.584. The van der Waals surface area contributed by atoms with Gasteiger partial charge in [0.1, 0.15) is 12.4 Å². The van der Waals surface area contributed by atoms with E-state index in [9.17, 15) is 23.6 Å². The van der Waals surface area contributed by atoms with Gasteiger partial charge in [-0.3, -0.25) is 19.3 Å². The molecular formula is C16H18FN3O5. The number of amides is 4. The van der Waals surface area contributed by atoms with E-state index in [2.05, 4.69) is 5.32 Å². The van der Waals surface area contributed by atoms with Crippen molar-refractivity contribution < 1.29 is 28.3 Å². The largest absolute Gasteiger partial charge is 0.456 e. The molecule has 0 unspecified atom stereocenters. The Morgan fingerprint density at radius 2 is 1.92 bits per heavy atom. The number of hydrogen-bond acceptors (Lipinski definition) is 5. The first-order chi connectivity index (χ1) is 11.9. The molecule has 9 heteroatoms. The van der Waals surface area contributed by atoms with Crippen LogP contribution in [0, 0.1) is 5.82 Å². The number of carbonyl (C=O) groups is 4. The SMILES string of the molecule is CN1CC(=O)N(CCCC(=O)OCC(=O)Nc2ccc(F)cc2)C1=O. The molecule has 1 N–H and O–H groups in total. The number of benzene rings is 1. The van der Waals surface area contributed by atoms with Gasteiger partial charge in [-0.05, 0) is 30.7 Å². The lowest BCUT2D eigenvalue weighted by molar-refractivity contribution is -0.147. The first-order valence-corrected chi connectivity index (χ1v) is 7.63. The molecule has 0 saturated carbocycles. The second-order valence-corrected chi connectivity index (χ2v) is 5.50. The third-order valence-electron chi connectivity index (χ3n) is 3.49. The summed E-state index contributed by atoms with van der Waals surface area (Å²) in [6.07, 6.45) is 0.230. The van der Waals surface area contributed by atoms with Crippen LogP contribution in [-0.2, 0) is 19.1 Å². The molecule has 0 aromatic heterocycles. The highest BCUT2D eigenvalue weighted by molar-refractivity contribution is 6.01. The van der Waals surface area contributed by atoms with E-state index in [-0.39, 0.29) is 31.8 Å². The fourth-order valence-electron chi connectivity index (χ4n) is 2.22. The van der Waals surface area contributed by atoms with Crippen LogP contribution in [0.3, 0.4) is 0 Å². The van der Waals surface area contributed by atoms with Gasteiger partial charge in [0.05, 0.1) is 0 Å². The average Bonchev–Trinajstić information content (AvgIpc) is 2.81. The molecule has 4 amide bonds. The minimum atomic E-state index is -0.610. The van der Waals surface area contributed by atoms with Crippen molar-refractivity contribution in [1.82, 2.24) is 9.80 Å². The molecule has 0 radical (unpaired) electrons. The van der Waals surface area contributed by atoms with Crippen LogP contribution in [0.2, 0.25) is 0 Å². The number of esters is 1. The maximum atomic E-state index is 12.7. The lowest BCUT2D eigenvalue weighted by atomic mass is 10.3. The molecule has 1 aliphatic heterocycles. The number of likely N-dealkylation sites (N-methyl/N-ethyl adjacent to an activating group) is 1. The molecule has 2 rings (SSSR count). The maximum Gasteiger partial charge on any atom is 0.326 e. The standard InChI is InChI=1S/C16H18FN3O5/c1-19-9-14(22)20(16(19)24)8-2-3-15(23)25-10-13(21)18-12-6-4-11(17)5-7-12/h4-7H,2-3,8-10H2,1H3,(H,18,21). The fourth-order valence-corrected chi connectivity index (χ4v) is 2.22. The van der Waals surface area contributed by atoms with Gasteiger partial charge in [-0.25, -0.2) is 9.18 Å². The summed E-state index contributed by atoms with van der Waals surface area (Å²) in [6, 6.07) is 4.77. The molecule has 134 valence electrons. The number of urea groups is 1. The zero-order chi connectivity index (χ0) is 18.4. The maximum absolute atomic E-state index is 12.7. The topological polar surface area (TPSA) is 96.0 Å². The van der Waals surface area contributed by atoms with Crippen molar-refractivity contribution in [3.8, 4) is 0 Å². The Morgan fingerprint density at radius 3 is 2.52 bits per heavy atom. The Bertz CT molecular complexity index is 677. The Kier molecular flexibility index (Phi) is 6.04. The molecule has 0 aliphatic carbocycles. The predicted molar refractivity (Wildman–Crippen MR) is 85.0 cm³/mol. The van der Waals surface area contributed by atoms with Crippen molar-refractivity contribution in [2.75, 3.05) is 32.1 Å². The van der Waals surface area contributed by atoms with Crippen LogP contribution in [-0.4, -0.2) is 60.4 Å². The highest BCUT2D eigenvalue weighted by Gasteiger charge is 2.32. The van der Waals surface area contributed by atoms with Crippen molar-refractivity contribution in [3.05, 3.63) is 30.1 Å². The molecule has 0 atom stereocenters. The van der Waals surface area contributed by atoms with Gasteiger partial charge in [-0.1, -0.05) is 0 Å². The fraction of sp³-hybridized carbons (Fsp3) is 0.375. The number of imide groups is 1. The van der Waals surface area contributed by atoms with Crippen molar-refractivity contribution in [1.29, 1.82) is 0 Å². The number of nitrogens with one attached hydrogen (secondary N) is 1. The van der Waals surface area contributed by atoms with E-state index < -0.39 is 30.3 Å². The van der Waals surface area contributed by atoms with Crippen LogP contribution in [0.4, 0.5) is 14.9 Å². The summed E-state index contributed by atoms with van der Waals surface area (Å²) in [5.74, 6) is -1.89. The van der Waals surface area contributed by atoms with E-state index >= 15 is 0 Å². The van der Waals surface area contributed by atoms with Crippen molar-refractivity contribution >= 4 is 29.5 Å². The molecule has 1 heterocycles. The van der Waals surface area contributed by atoms with Crippen LogP contribution in [0.15, 0.2) is 24.3 Å². The summed E-state index contributed by atoms with van der Waals surface area (Å²) in [5.41, 5.74) is 0.387. The minimum Gasteiger partial charge on any atom is -0.456 e. The van der Waals surface area contributed by atoms with Crippen LogP contribution in [0.25, 0.3) is 0 Å². The van der Waals surface area contributed by atoms with Gasteiger partial charge in [0, 0.05) is 25.7 Å². The van der Waals surface area contributed by atoms with Gasteiger partial charge in [-0.15, -0.1) is 0 Å². The number of nitrogens with zero attached hydrogens (tertiary/aromatic N) is 2. The summed E-state index contributed by atoms with van der Waals surface area (Å²) in [5, 5.41) is 2.46. The molecular weight excluding hydrogens is 333 g/mol. The first-order valence-electron chi connectivity index (χ1n) is 7.63. The molecule has 1 aromatic rings. The Hall–Kier alpha value is -2.97. The number of ether oxygens (including phenoxy) is 1.